The van der Waals surface area contributed by atoms with Crippen LogP contribution in [0.25, 0.3) is 0 Å². The molecular formula is C19H20ClNO4. The number of benzene rings is 2. The van der Waals surface area contributed by atoms with E-state index in [2.05, 4.69) is 5.32 Å². The zero-order chi connectivity index (χ0) is 18.2. The zero-order valence-electron chi connectivity index (χ0n) is 14.1. The first-order valence-electron chi connectivity index (χ1n) is 7.85. The number of carbonyl (C=O) groups is 2. The Bertz CT molecular complexity index is 730. The van der Waals surface area contributed by atoms with Gasteiger partial charge >= 0.3 is 5.97 Å². The molecule has 0 saturated carbocycles. The van der Waals surface area contributed by atoms with Crippen LogP contribution in [-0.2, 0) is 14.3 Å². The third-order valence-electron chi connectivity index (χ3n) is 3.35. The van der Waals surface area contributed by atoms with Crippen molar-refractivity contribution in [1.82, 2.24) is 5.32 Å². The molecule has 0 radical (unpaired) electrons. The molecule has 1 N–H and O–H groups in total. The molecule has 6 heteroatoms. The average Bonchev–Trinajstić information content (AvgIpc) is 2.57. The van der Waals surface area contributed by atoms with Gasteiger partial charge in [-0.15, -0.1) is 0 Å². The third-order valence-corrected chi connectivity index (χ3v) is 3.60. The summed E-state index contributed by atoms with van der Waals surface area (Å²) in [5.74, 6) is -0.144. The van der Waals surface area contributed by atoms with Crippen LogP contribution in [0.4, 0.5) is 0 Å². The highest BCUT2D eigenvalue weighted by atomic mass is 35.5. The molecule has 0 bridgehead atoms. The molecule has 2 aromatic carbocycles. The second kappa shape index (κ2) is 9.08. The molecule has 25 heavy (non-hydrogen) atoms. The smallest absolute Gasteiger partial charge is 0.352 e. The van der Waals surface area contributed by atoms with Gasteiger partial charge in [0.15, 0.2) is 0 Å². The van der Waals surface area contributed by atoms with Crippen LogP contribution in [-0.4, -0.2) is 25.0 Å². The Morgan fingerprint density at radius 2 is 1.88 bits per heavy atom. The Morgan fingerprint density at radius 3 is 2.52 bits per heavy atom. The molecule has 0 fully saturated rings. The Labute approximate surface area is 151 Å². The molecule has 0 aromatic heterocycles. The largest absolute Gasteiger partial charge is 0.474 e. The first kappa shape index (κ1) is 18.8. The number of rotatable bonds is 7. The van der Waals surface area contributed by atoms with Gasteiger partial charge in [-0.05, 0) is 36.8 Å². The maximum atomic E-state index is 12.5. The number of aryl methyl sites for hydroxylation is 1. The number of amides is 1. The molecule has 2 rings (SSSR count). The molecule has 0 aliphatic rings. The van der Waals surface area contributed by atoms with Crippen LogP contribution in [0.5, 0.6) is 5.75 Å². The minimum atomic E-state index is -0.920. The lowest BCUT2D eigenvalue weighted by Gasteiger charge is -2.19. The van der Waals surface area contributed by atoms with Gasteiger partial charge in [0, 0.05) is 17.5 Å². The lowest BCUT2D eigenvalue weighted by molar-refractivity contribution is -0.152. The van der Waals surface area contributed by atoms with Crippen molar-refractivity contribution in [1.29, 1.82) is 0 Å². The highest BCUT2D eigenvalue weighted by Crippen LogP contribution is 2.25. The maximum Gasteiger partial charge on any atom is 0.352 e. The third kappa shape index (κ3) is 6.12. The Morgan fingerprint density at radius 1 is 1.16 bits per heavy atom. The number of hydrogen-bond donors (Lipinski definition) is 1. The van der Waals surface area contributed by atoms with Crippen LogP contribution in [0.3, 0.4) is 0 Å². The number of ether oxygens (including phenoxy) is 2. The Hall–Kier alpha value is -2.53. The van der Waals surface area contributed by atoms with E-state index in [9.17, 15) is 9.59 Å². The molecule has 0 aliphatic carbocycles. The summed E-state index contributed by atoms with van der Waals surface area (Å²) >= 11 is 5.91. The quantitative estimate of drug-likeness (QED) is 0.606. The van der Waals surface area contributed by atoms with Crippen LogP contribution < -0.4 is 10.1 Å². The molecule has 0 spiro atoms. The summed E-state index contributed by atoms with van der Waals surface area (Å²) in [6.45, 7) is 3.66. The fourth-order valence-electron chi connectivity index (χ4n) is 2.17. The van der Waals surface area contributed by atoms with Crippen molar-refractivity contribution >= 4 is 23.5 Å². The standard InChI is InChI=1S/C19H20ClNO4/c1-13-4-3-5-17(12-13)25-18(15-6-8-16(20)9-7-15)19(23)24-11-10-21-14(2)22/h3-9,12,18H,10-11H2,1-2H3,(H,21,22)/t18-/m1/s1. The lowest BCUT2D eigenvalue weighted by Crippen LogP contribution is -2.28. The van der Waals surface area contributed by atoms with Gasteiger partial charge in [-0.2, -0.15) is 0 Å². The van der Waals surface area contributed by atoms with Gasteiger partial charge in [-0.1, -0.05) is 35.9 Å². The molecule has 0 heterocycles. The molecule has 0 aliphatic heterocycles. The van der Waals surface area contributed by atoms with Crippen molar-refractivity contribution in [3.8, 4) is 5.75 Å². The van der Waals surface area contributed by atoms with Crippen molar-refractivity contribution in [3.63, 3.8) is 0 Å². The van der Waals surface area contributed by atoms with E-state index < -0.39 is 12.1 Å². The van der Waals surface area contributed by atoms with Gasteiger partial charge in [0.25, 0.3) is 0 Å². The van der Waals surface area contributed by atoms with E-state index >= 15 is 0 Å². The first-order chi connectivity index (χ1) is 12.0. The highest BCUT2D eigenvalue weighted by molar-refractivity contribution is 6.30. The molecule has 1 atom stereocenters. The maximum absolute atomic E-state index is 12.5. The summed E-state index contributed by atoms with van der Waals surface area (Å²) in [5.41, 5.74) is 1.65. The molecule has 0 unspecified atom stereocenters. The predicted molar refractivity (Wildman–Crippen MR) is 95.6 cm³/mol. The van der Waals surface area contributed by atoms with Crippen LogP contribution in [0.15, 0.2) is 48.5 Å². The Balaban J connectivity index is 2.12. The molecule has 0 saturated heterocycles. The fourth-order valence-corrected chi connectivity index (χ4v) is 2.29. The summed E-state index contributed by atoms with van der Waals surface area (Å²) in [6.07, 6.45) is -0.920. The fraction of sp³-hybridized carbons (Fsp3) is 0.263. The highest BCUT2D eigenvalue weighted by Gasteiger charge is 2.24. The van der Waals surface area contributed by atoms with Crippen molar-refractivity contribution in [3.05, 3.63) is 64.7 Å². The van der Waals surface area contributed by atoms with Crippen LogP contribution in [0.2, 0.25) is 5.02 Å². The summed E-state index contributed by atoms with van der Waals surface area (Å²) in [7, 11) is 0. The van der Waals surface area contributed by atoms with Gasteiger partial charge in [-0.3, -0.25) is 4.79 Å². The van der Waals surface area contributed by atoms with Crippen LogP contribution >= 0.6 is 11.6 Å². The van der Waals surface area contributed by atoms with E-state index in [1.54, 1.807) is 30.3 Å². The van der Waals surface area contributed by atoms with Gasteiger partial charge in [-0.25, -0.2) is 4.79 Å². The van der Waals surface area contributed by atoms with Gasteiger partial charge < -0.3 is 14.8 Å². The topological polar surface area (TPSA) is 64.6 Å². The summed E-state index contributed by atoms with van der Waals surface area (Å²) in [6, 6.07) is 14.2. The molecule has 1 amide bonds. The van der Waals surface area contributed by atoms with Crippen LogP contribution in [0, 0.1) is 6.92 Å². The van der Waals surface area contributed by atoms with E-state index in [4.69, 9.17) is 21.1 Å². The molecular weight excluding hydrogens is 342 g/mol. The summed E-state index contributed by atoms with van der Waals surface area (Å²) < 4.78 is 11.1. The number of esters is 1. The molecule has 5 nitrogen and oxygen atoms in total. The minimum absolute atomic E-state index is 0.0691. The molecule has 132 valence electrons. The monoisotopic (exact) mass is 361 g/mol. The van der Waals surface area contributed by atoms with Gasteiger partial charge in [0.1, 0.15) is 12.4 Å². The zero-order valence-corrected chi connectivity index (χ0v) is 14.9. The SMILES string of the molecule is CC(=O)NCCOC(=O)[C@H](Oc1cccc(C)c1)c1ccc(Cl)cc1. The lowest BCUT2D eigenvalue weighted by atomic mass is 10.1. The van der Waals surface area contributed by atoms with E-state index in [1.807, 2.05) is 25.1 Å². The van der Waals surface area contributed by atoms with Crippen molar-refractivity contribution < 1.29 is 19.1 Å². The van der Waals surface area contributed by atoms with Gasteiger partial charge in [0.2, 0.25) is 12.0 Å². The summed E-state index contributed by atoms with van der Waals surface area (Å²) in [4.78, 5) is 23.3. The first-order valence-corrected chi connectivity index (χ1v) is 8.23. The number of carbonyl (C=O) groups excluding carboxylic acids is 2. The van der Waals surface area contributed by atoms with E-state index in [-0.39, 0.29) is 19.1 Å². The van der Waals surface area contributed by atoms with E-state index in [0.29, 0.717) is 16.3 Å². The number of hydrogen-bond acceptors (Lipinski definition) is 4. The van der Waals surface area contributed by atoms with Gasteiger partial charge in [0.05, 0.1) is 6.54 Å². The predicted octanol–water partition coefficient (Wildman–Crippen LogP) is 3.45. The average molecular weight is 362 g/mol. The second-order valence-corrected chi connectivity index (χ2v) is 5.95. The minimum Gasteiger partial charge on any atom is -0.474 e. The van der Waals surface area contributed by atoms with Crippen molar-refractivity contribution in [2.24, 2.45) is 0 Å². The second-order valence-electron chi connectivity index (χ2n) is 5.52. The van der Waals surface area contributed by atoms with E-state index in [0.717, 1.165) is 5.56 Å². The van der Waals surface area contributed by atoms with E-state index in [1.165, 1.54) is 6.92 Å². The van der Waals surface area contributed by atoms with Crippen LogP contribution in [0.1, 0.15) is 24.2 Å². The van der Waals surface area contributed by atoms with Crippen molar-refractivity contribution in [2.75, 3.05) is 13.2 Å². The Kier molecular flexibility index (Phi) is 6.83. The molecule has 2 aromatic rings. The summed E-state index contributed by atoms with van der Waals surface area (Å²) in [5, 5.41) is 3.14. The number of nitrogens with one attached hydrogen (secondary N) is 1. The number of halogens is 1. The van der Waals surface area contributed by atoms with Crippen molar-refractivity contribution in [2.45, 2.75) is 20.0 Å². The normalized spacial score (nSPS) is 11.5.